The van der Waals surface area contributed by atoms with Crippen molar-refractivity contribution in [1.29, 1.82) is 5.26 Å². The molecular weight excluding hydrogens is 290 g/mol. The van der Waals surface area contributed by atoms with E-state index in [-0.39, 0.29) is 17.7 Å². The maximum atomic E-state index is 12.2. The fraction of sp³-hybridized carbons (Fsp3) is 0.357. The zero-order valence-electron chi connectivity index (χ0n) is 11.9. The molecule has 0 fully saturated rings. The number of hydrogen-bond donors (Lipinski definition) is 2. The van der Waals surface area contributed by atoms with Crippen LogP contribution in [0.3, 0.4) is 0 Å². The minimum atomic E-state index is -3.60. The lowest BCUT2D eigenvalue weighted by atomic mass is 10.2. The number of nitriles is 1. The van der Waals surface area contributed by atoms with E-state index in [0.717, 1.165) is 0 Å². The number of aromatic amines is 1. The quantitative estimate of drug-likeness (QED) is 0.855. The third kappa shape index (κ3) is 3.35. The zero-order valence-corrected chi connectivity index (χ0v) is 12.7. The lowest BCUT2D eigenvalue weighted by Crippen LogP contribution is -2.27. The number of H-pyrrole nitrogens is 1. The number of benzene rings is 1. The Kier molecular flexibility index (Phi) is 4.50. The summed E-state index contributed by atoms with van der Waals surface area (Å²) >= 11 is 0. The van der Waals surface area contributed by atoms with Crippen molar-refractivity contribution in [2.45, 2.75) is 19.4 Å². The van der Waals surface area contributed by atoms with Gasteiger partial charge in [0.15, 0.2) is 0 Å². The first kappa shape index (κ1) is 15.4. The van der Waals surface area contributed by atoms with Crippen molar-refractivity contribution in [1.82, 2.24) is 4.98 Å². The number of para-hydroxylation sites is 1. The van der Waals surface area contributed by atoms with Gasteiger partial charge in [-0.15, -0.1) is 0 Å². The van der Waals surface area contributed by atoms with E-state index in [1.165, 1.54) is 7.11 Å². The Morgan fingerprint density at radius 3 is 2.76 bits per heavy atom. The molecule has 21 heavy (non-hydrogen) atoms. The fourth-order valence-electron chi connectivity index (χ4n) is 2.13. The van der Waals surface area contributed by atoms with E-state index in [9.17, 15) is 13.7 Å². The molecule has 0 aliphatic heterocycles. The van der Waals surface area contributed by atoms with Crippen molar-refractivity contribution in [2.24, 2.45) is 0 Å². The van der Waals surface area contributed by atoms with Crippen LogP contribution in [0.2, 0.25) is 0 Å². The number of nitrogens with zero attached hydrogens (tertiary/aromatic N) is 1. The summed E-state index contributed by atoms with van der Waals surface area (Å²) in [5.41, 5.74) is 1.00. The largest absolute Gasteiger partial charge is 0.380 e. The Bertz CT molecular complexity index is 770. The molecule has 6 nitrogen and oxygen atoms in total. The van der Waals surface area contributed by atoms with Crippen LogP contribution in [0.1, 0.15) is 18.9 Å². The molecule has 1 atom stereocenters. The van der Waals surface area contributed by atoms with Crippen molar-refractivity contribution in [3.8, 4) is 6.07 Å². The minimum Gasteiger partial charge on any atom is -0.380 e. The Balaban J connectivity index is 2.33. The van der Waals surface area contributed by atoms with E-state index < -0.39 is 10.0 Å². The number of hydrogen-bond acceptors (Lipinski definition) is 4. The van der Waals surface area contributed by atoms with E-state index in [2.05, 4.69) is 9.71 Å². The van der Waals surface area contributed by atoms with Gasteiger partial charge in [0.25, 0.3) is 0 Å². The molecule has 0 saturated heterocycles. The van der Waals surface area contributed by atoms with Crippen LogP contribution in [0.4, 0.5) is 5.82 Å². The Labute approximate surface area is 123 Å². The van der Waals surface area contributed by atoms with Gasteiger partial charge >= 0.3 is 0 Å². The molecule has 2 aromatic rings. The van der Waals surface area contributed by atoms with Crippen LogP contribution < -0.4 is 4.72 Å². The summed E-state index contributed by atoms with van der Waals surface area (Å²) in [5, 5.41) is 9.94. The smallest absolute Gasteiger partial charge is 0.236 e. The van der Waals surface area contributed by atoms with Crippen LogP contribution in [0.5, 0.6) is 0 Å². The second-order valence-electron chi connectivity index (χ2n) is 4.68. The molecule has 0 saturated carbocycles. The van der Waals surface area contributed by atoms with Crippen molar-refractivity contribution in [2.75, 3.05) is 17.6 Å². The van der Waals surface area contributed by atoms with Crippen LogP contribution in [0, 0.1) is 11.3 Å². The summed E-state index contributed by atoms with van der Waals surface area (Å²) in [6.45, 7) is 1.85. The summed E-state index contributed by atoms with van der Waals surface area (Å²) in [7, 11) is -2.12. The molecule has 0 aliphatic rings. The molecule has 112 valence electrons. The molecule has 2 rings (SSSR count). The van der Waals surface area contributed by atoms with Gasteiger partial charge in [-0.3, -0.25) is 4.72 Å². The molecule has 1 aromatic carbocycles. The van der Waals surface area contributed by atoms with Crippen molar-refractivity contribution in [3.63, 3.8) is 0 Å². The number of methoxy groups -OCH3 is 1. The standard InChI is InChI=1S/C14H17N3O3S/c1-3-10(20-2)9-21(18,19)17-14-12(8-15)11-6-4-5-7-13(11)16-14/h4-7,10,16-17H,3,9H2,1-2H3. The Morgan fingerprint density at radius 1 is 1.43 bits per heavy atom. The van der Waals surface area contributed by atoms with Gasteiger partial charge in [-0.25, -0.2) is 8.42 Å². The van der Waals surface area contributed by atoms with Gasteiger partial charge in [0.1, 0.15) is 17.5 Å². The van der Waals surface area contributed by atoms with Gasteiger partial charge in [0, 0.05) is 18.0 Å². The van der Waals surface area contributed by atoms with E-state index in [4.69, 9.17) is 4.74 Å². The second-order valence-corrected chi connectivity index (χ2v) is 6.45. The first-order valence-electron chi connectivity index (χ1n) is 6.54. The highest BCUT2D eigenvalue weighted by Gasteiger charge is 2.21. The van der Waals surface area contributed by atoms with Gasteiger partial charge in [-0.2, -0.15) is 5.26 Å². The summed E-state index contributed by atoms with van der Waals surface area (Å²) in [6, 6.07) is 9.21. The predicted molar refractivity (Wildman–Crippen MR) is 81.5 cm³/mol. The average molecular weight is 307 g/mol. The van der Waals surface area contributed by atoms with E-state index in [0.29, 0.717) is 22.9 Å². The third-order valence-electron chi connectivity index (χ3n) is 3.27. The third-order valence-corrected chi connectivity index (χ3v) is 4.60. The highest BCUT2D eigenvalue weighted by molar-refractivity contribution is 7.92. The highest BCUT2D eigenvalue weighted by Crippen LogP contribution is 2.26. The Hall–Kier alpha value is -2.04. The molecule has 2 N–H and O–H groups in total. The van der Waals surface area contributed by atoms with Crippen LogP contribution >= 0.6 is 0 Å². The maximum Gasteiger partial charge on any atom is 0.236 e. The van der Waals surface area contributed by atoms with Crippen LogP contribution in [0.15, 0.2) is 24.3 Å². The molecule has 0 radical (unpaired) electrons. The average Bonchev–Trinajstić information content (AvgIpc) is 2.80. The van der Waals surface area contributed by atoms with E-state index in [1.807, 2.05) is 19.1 Å². The van der Waals surface area contributed by atoms with Crippen LogP contribution in [-0.2, 0) is 14.8 Å². The number of anilines is 1. The highest BCUT2D eigenvalue weighted by atomic mass is 32.2. The van der Waals surface area contributed by atoms with Gasteiger partial charge in [-0.1, -0.05) is 25.1 Å². The predicted octanol–water partition coefficient (Wildman–Crippen LogP) is 2.21. The number of rotatable bonds is 6. The van der Waals surface area contributed by atoms with Gasteiger partial charge in [0.05, 0.1) is 11.9 Å². The lowest BCUT2D eigenvalue weighted by molar-refractivity contribution is 0.117. The van der Waals surface area contributed by atoms with Crippen LogP contribution in [-0.4, -0.2) is 32.4 Å². The molecule has 7 heteroatoms. The first-order valence-corrected chi connectivity index (χ1v) is 8.20. The number of sulfonamides is 1. The number of ether oxygens (including phenoxy) is 1. The molecule has 1 unspecified atom stereocenters. The number of aromatic nitrogens is 1. The van der Waals surface area contributed by atoms with Gasteiger partial charge in [0.2, 0.25) is 10.0 Å². The van der Waals surface area contributed by atoms with Crippen molar-refractivity contribution < 1.29 is 13.2 Å². The second kappa shape index (κ2) is 6.16. The molecule has 0 aliphatic carbocycles. The summed E-state index contributed by atoms with van der Waals surface area (Å²) in [6.07, 6.45) is 0.215. The maximum absolute atomic E-state index is 12.2. The number of nitrogens with one attached hydrogen (secondary N) is 2. The summed E-state index contributed by atoms with van der Waals surface area (Å²) < 4.78 is 31.8. The van der Waals surface area contributed by atoms with Gasteiger partial charge in [-0.05, 0) is 12.5 Å². The summed E-state index contributed by atoms with van der Waals surface area (Å²) in [4.78, 5) is 2.93. The van der Waals surface area contributed by atoms with Gasteiger partial charge < -0.3 is 9.72 Å². The minimum absolute atomic E-state index is 0.153. The molecule has 0 bridgehead atoms. The molecule has 0 spiro atoms. The van der Waals surface area contributed by atoms with Crippen molar-refractivity contribution in [3.05, 3.63) is 29.8 Å². The van der Waals surface area contributed by atoms with E-state index in [1.54, 1.807) is 18.2 Å². The number of fused-ring (bicyclic) bond motifs is 1. The first-order chi connectivity index (χ1) is 10.0. The summed E-state index contributed by atoms with van der Waals surface area (Å²) in [5.74, 6) is 0.0462. The lowest BCUT2D eigenvalue weighted by Gasteiger charge is -2.13. The Morgan fingerprint density at radius 2 is 2.14 bits per heavy atom. The molecule has 0 amide bonds. The zero-order chi connectivity index (χ0) is 15.5. The van der Waals surface area contributed by atoms with Crippen molar-refractivity contribution >= 4 is 26.7 Å². The molecular formula is C14H17N3O3S. The molecule has 1 aromatic heterocycles. The monoisotopic (exact) mass is 307 g/mol. The normalized spacial score (nSPS) is 13.0. The topological polar surface area (TPSA) is 95.0 Å². The SMILES string of the molecule is CCC(CS(=O)(=O)Nc1[nH]c2ccccc2c1C#N)OC. The van der Waals surface area contributed by atoms with E-state index >= 15 is 0 Å². The van der Waals surface area contributed by atoms with Crippen LogP contribution in [0.25, 0.3) is 10.9 Å². The molecule has 1 heterocycles. The fourth-order valence-corrected chi connectivity index (χ4v) is 3.54.